The molecule has 2 aromatic carbocycles. The van der Waals surface area contributed by atoms with E-state index in [1.807, 2.05) is 30.3 Å². The van der Waals surface area contributed by atoms with E-state index in [0.717, 1.165) is 92.4 Å². The summed E-state index contributed by atoms with van der Waals surface area (Å²) in [6.45, 7) is 1.44. The average Bonchev–Trinajstić information content (AvgIpc) is 3.72. The number of pyridine rings is 2. The van der Waals surface area contributed by atoms with Crippen LogP contribution in [-0.4, -0.2) is 48.5 Å². The number of nitrogens with one attached hydrogen (secondary N) is 2. The molecule has 1 saturated heterocycles. The standard InChI is InChI=1S/C38H40Br2N4O4/c1-47-37-24(6-3-7-26-15-19-34(46)42-26)13-17-32(43-37)30-10-4-8-28(35(30)39)29-9-5-11-31(36(29)40)33-18-14-25(38(44-33)48-2)22-41-21-23-12-16-27(45)20-23/h4-5,8-11,13-14,17-18,23,26,41H,3,6-7,12,15-16,19-22H2,1-2H3,(H,42,46)/t23-,26-/m0/s1. The molecule has 4 aromatic rings. The van der Waals surface area contributed by atoms with Crippen molar-refractivity contribution in [3.63, 3.8) is 0 Å². The molecular formula is C38H40Br2N4O4. The average molecular weight is 777 g/mol. The van der Waals surface area contributed by atoms with Gasteiger partial charge in [0.1, 0.15) is 5.78 Å². The summed E-state index contributed by atoms with van der Waals surface area (Å²) < 4.78 is 13.3. The lowest BCUT2D eigenvalue weighted by Gasteiger charge is -2.16. The van der Waals surface area contributed by atoms with Gasteiger partial charge >= 0.3 is 0 Å². The number of nitrogens with zero attached hydrogens (tertiary/aromatic N) is 2. The van der Waals surface area contributed by atoms with Gasteiger partial charge in [0.25, 0.3) is 0 Å². The van der Waals surface area contributed by atoms with Crippen LogP contribution in [-0.2, 0) is 22.6 Å². The lowest BCUT2D eigenvalue weighted by atomic mass is 9.98. The molecule has 2 N–H and O–H groups in total. The number of ether oxygens (including phenoxy) is 2. The second-order valence-corrected chi connectivity index (χ2v) is 14.1. The molecule has 2 atom stereocenters. The molecule has 10 heteroatoms. The predicted molar refractivity (Wildman–Crippen MR) is 195 cm³/mol. The molecular weight excluding hydrogens is 736 g/mol. The Kier molecular flexibility index (Phi) is 11.2. The monoisotopic (exact) mass is 774 g/mol. The molecule has 0 bridgehead atoms. The Morgan fingerprint density at radius 2 is 1.40 bits per heavy atom. The number of rotatable bonds is 13. The van der Waals surface area contributed by atoms with E-state index in [1.165, 1.54) is 0 Å². The highest BCUT2D eigenvalue weighted by atomic mass is 79.9. The number of halogens is 2. The SMILES string of the molecule is COc1nc(-c2cccc(-c3cccc(-c4ccc(CNC[C@H]5CCC(=O)C5)c(OC)n4)c3Br)c2Br)ccc1CCC[C@H]1CCC(=O)N1. The van der Waals surface area contributed by atoms with Crippen LogP contribution in [0.2, 0.25) is 0 Å². The molecule has 0 spiro atoms. The normalized spacial score (nSPS) is 17.5. The maximum absolute atomic E-state index is 11.6. The molecule has 0 unspecified atom stereocenters. The summed E-state index contributed by atoms with van der Waals surface area (Å²) in [5, 5.41) is 6.53. The molecule has 1 saturated carbocycles. The third-order valence-electron chi connectivity index (χ3n) is 9.28. The molecule has 2 aliphatic rings. The molecule has 3 heterocycles. The van der Waals surface area contributed by atoms with Crippen LogP contribution >= 0.6 is 31.9 Å². The van der Waals surface area contributed by atoms with Gasteiger partial charge in [-0.25, -0.2) is 9.97 Å². The van der Waals surface area contributed by atoms with Crippen molar-refractivity contribution >= 4 is 43.6 Å². The van der Waals surface area contributed by atoms with Crippen molar-refractivity contribution in [2.24, 2.45) is 5.92 Å². The zero-order chi connectivity index (χ0) is 33.6. The summed E-state index contributed by atoms with van der Waals surface area (Å²) in [7, 11) is 3.30. The molecule has 48 heavy (non-hydrogen) atoms. The second kappa shape index (κ2) is 15.7. The van der Waals surface area contributed by atoms with Crippen molar-refractivity contribution in [3.8, 4) is 45.4 Å². The van der Waals surface area contributed by atoms with Crippen LogP contribution in [0.15, 0.2) is 69.6 Å². The number of aromatic nitrogens is 2. The summed E-state index contributed by atoms with van der Waals surface area (Å²) in [6.07, 6.45) is 6.62. The number of methoxy groups -OCH3 is 2. The third kappa shape index (κ3) is 7.82. The van der Waals surface area contributed by atoms with Crippen LogP contribution < -0.4 is 20.1 Å². The van der Waals surface area contributed by atoms with Crippen LogP contribution in [0.4, 0.5) is 0 Å². The molecule has 1 aliphatic carbocycles. The van der Waals surface area contributed by atoms with Crippen molar-refractivity contribution < 1.29 is 19.1 Å². The third-order valence-corrected chi connectivity index (χ3v) is 11.0. The second-order valence-electron chi connectivity index (χ2n) is 12.5. The van der Waals surface area contributed by atoms with Gasteiger partial charge in [0.2, 0.25) is 17.7 Å². The minimum Gasteiger partial charge on any atom is -0.481 e. The number of ketones is 1. The van der Waals surface area contributed by atoms with Gasteiger partial charge in [-0.2, -0.15) is 0 Å². The zero-order valence-corrected chi connectivity index (χ0v) is 30.5. The summed E-state index contributed by atoms with van der Waals surface area (Å²) in [5.74, 6) is 2.13. The maximum Gasteiger partial charge on any atom is 0.220 e. The number of carbonyl (C=O) groups excluding carboxylic acids is 2. The first-order valence-electron chi connectivity index (χ1n) is 16.5. The van der Waals surface area contributed by atoms with Gasteiger partial charge in [-0.15, -0.1) is 0 Å². The summed E-state index contributed by atoms with van der Waals surface area (Å²) >= 11 is 7.81. The quantitative estimate of drug-likeness (QED) is 0.142. The van der Waals surface area contributed by atoms with Crippen molar-refractivity contribution in [2.45, 2.75) is 64.0 Å². The molecule has 250 valence electrons. The molecule has 1 aliphatic heterocycles. The fraction of sp³-hybridized carbons (Fsp3) is 0.368. The predicted octanol–water partition coefficient (Wildman–Crippen LogP) is 8.08. The van der Waals surface area contributed by atoms with Crippen LogP contribution in [0.25, 0.3) is 33.6 Å². The van der Waals surface area contributed by atoms with E-state index in [1.54, 1.807) is 14.2 Å². The molecule has 6 rings (SSSR count). The van der Waals surface area contributed by atoms with Crippen molar-refractivity contribution in [1.29, 1.82) is 0 Å². The highest BCUT2D eigenvalue weighted by Crippen LogP contribution is 2.42. The molecule has 0 radical (unpaired) electrons. The number of carbonyl (C=O) groups is 2. The first-order chi connectivity index (χ1) is 23.3. The fourth-order valence-corrected chi connectivity index (χ4v) is 8.06. The smallest absolute Gasteiger partial charge is 0.220 e. The summed E-state index contributed by atoms with van der Waals surface area (Å²) in [4.78, 5) is 32.9. The van der Waals surface area contributed by atoms with E-state index in [9.17, 15) is 9.59 Å². The minimum absolute atomic E-state index is 0.153. The number of amides is 1. The fourth-order valence-electron chi connectivity index (χ4n) is 6.70. The lowest BCUT2D eigenvalue weighted by Crippen LogP contribution is -2.25. The van der Waals surface area contributed by atoms with Gasteiger partial charge in [0.05, 0.1) is 25.6 Å². The van der Waals surface area contributed by atoms with E-state index in [-0.39, 0.29) is 11.9 Å². The van der Waals surface area contributed by atoms with Crippen molar-refractivity contribution in [2.75, 3.05) is 20.8 Å². The molecule has 1 amide bonds. The van der Waals surface area contributed by atoms with Crippen LogP contribution in [0.5, 0.6) is 11.8 Å². The Labute approximate surface area is 298 Å². The van der Waals surface area contributed by atoms with Gasteiger partial charge in [0.15, 0.2) is 0 Å². The van der Waals surface area contributed by atoms with E-state index < -0.39 is 0 Å². The van der Waals surface area contributed by atoms with Crippen LogP contribution in [0, 0.1) is 5.92 Å². The van der Waals surface area contributed by atoms with Crippen LogP contribution in [0.3, 0.4) is 0 Å². The number of benzene rings is 2. The van der Waals surface area contributed by atoms with Gasteiger partial charge in [-0.1, -0.05) is 48.5 Å². The Morgan fingerprint density at radius 1 is 0.792 bits per heavy atom. The first kappa shape index (κ1) is 34.3. The Hall–Kier alpha value is -3.60. The number of hydrogen-bond acceptors (Lipinski definition) is 7. The first-order valence-corrected chi connectivity index (χ1v) is 18.1. The maximum atomic E-state index is 11.6. The number of aryl methyl sites for hydroxylation is 1. The summed E-state index contributed by atoms with van der Waals surface area (Å²) in [6, 6.07) is 20.8. The lowest BCUT2D eigenvalue weighted by molar-refractivity contribution is -0.119. The van der Waals surface area contributed by atoms with Gasteiger partial charge in [0, 0.05) is 63.0 Å². The van der Waals surface area contributed by atoms with Gasteiger partial charge in [-0.05, 0) is 99.7 Å². The van der Waals surface area contributed by atoms with Gasteiger partial charge < -0.3 is 20.1 Å². The highest BCUT2D eigenvalue weighted by molar-refractivity contribution is 9.11. The van der Waals surface area contributed by atoms with E-state index >= 15 is 0 Å². The Bertz CT molecular complexity index is 1680. The molecule has 2 fully saturated rings. The molecule has 2 aromatic heterocycles. The number of Topliss-reactive ketones (excluding diaryl/α,β-unsaturated/α-hetero) is 1. The van der Waals surface area contributed by atoms with Crippen LogP contribution in [0.1, 0.15) is 56.1 Å². The highest BCUT2D eigenvalue weighted by Gasteiger charge is 2.23. The topological polar surface area (TPSA) is 102 Å². The minimum atomic E-state index is 0.153. The largest absolute Gasteiger partial charge is 0.481 e. The van der Waals surface area contributed by atoms with E-state index in [0.29, 0.717) is 49.3 Å². The Morgan fingerprint density at radius 3 is 1.96 bits per heavy atom. The zero-order valence-electron chi connectivity index (χ0n) is 27.3. The molecule has 8 nitrogen and oxygen atoms in total. The Balaban J connectivity index is 1.20. The summed E-state index contributed by atoms with van der Waals surface area (Å²) in [5.41, 5.74) is 7.59. The number of hydrogen-bond donors (Lipinski definition) is 2. The van der Waals surface area contributed by atoms with E-state index in [4.69, 9.17) is 19.4 Å². The van der Waals surface area contributed by atoms with Crippen molar-refractivity contribution in [3.05, 3.63) is 80.7 Å². The van der Waals surface area contributed by atoms with E-state index in [2.05, 4.69) is 72.8 Å². The van der Waals surface area contributed by atoms with Gasteiger partial charge in [-0.3, -0.25) is 9.59 Å². The van der Waals surface area contributed by atoms with Crippen molar-refractivity contribution in [1.82, 2.24) is 20.6 Å².